The van der Waals surface area contributed by atoms with Gasteiger partial charge in [0.15, 0.2) is 11.0 Å². The number of benzene rings is 1. The summed E-state index contributed by atoms with van der Waals surface area (Å²) in [6.07, 6.45) is 2.29. The van der Waals surface area contributed by atoms with E-state index >= 15 is 0 Å². The molecule has 0 radical (unpaired) electrons. The van der Waals surface area contributed by atoms with Crippen LogP contribution in [-0.2, 0) is 0 Å². The van der Waals surface area contributed by atoms with E-state index in [0.717, 1.165) is 28.7 Å². The maximum absolute atomic E-state index is 13.1. The maximum atomic E-state index is 13.1. The summed E-state index contributed by atoms with van der Waals surface area (Å²) in [6, 6.07) is 10.6. The largest absolute Gasteiger partial charge is 0.419 e. The van der Waals surface area contributed by atoms with Gasteiger partial charge in [0.05, 0.1) is 10.1 Å². The van der Waals surface area contributed by atoms with Gasteiger partial charge >= 0.3 is 0 Å². The Kier molecular flexibility index (Phi) is 4.48. The molecule has 5 rings (SSSR count). The predicted octanol–water partition coefficient (Wildman–Crippen LogP) is 5.38. The molecular weight excluding hydrogens is 397 g/mol. The van der Waals surface area contributed by atoms with Gasteiger partial charge in [-0.25, -0.2) is 4.39 Å². The topological polar surface area (TPSA) is 69.6 Å². The van der Waals surface area contributed by atoms with Crippen LogP contribution in [0.1, 0.15) is 36.9 Å². The lowest BCUT2D eigenvalue weighted by molar-refractivity contribution is 0.508. The van der Waals surface area contributed by atoms with Crippen molar-refractivity contribution >= 4 is 23.1 Å². The molecule has 0 spiro atoms. The quantitative estimate of drug-likeness (QED) is 0.395. The molecule has 0 bridgehead atoms. The van der Waals surface area contributed by atoms with Crippen molar-refractivity contribution in [2.45, 2.75) is 36.2 Å². The standard InChI is InChI=1S/C19H16FN5OS2/c1-11(17-22-23-18(26-17)12-4-6-13(20)7-5-12)28-19-24-21-16(15-3-2-10-27-15)25(19)14-8-9-14/h2-7,10-11,14H,8-9H2,1H3. The van der Waals surface area contributed by atoms with E-state index in [2.05, 4.69) is 31.0 Å². The molecule has 28 heavy (non-hydrogen) atoms. The van der Waals surface area contributed by atoms with Crippen molar-refractivity contribution in [2.75, 3.05) is 0 Å². The third kappa shape index (κ3) is 3.35. The predicted molar refractivity (Wildman–Crippen MR) is 106 cm³/mol. The number of hydrogen-bond acceptors (Lipinski definition) is 7. The molecule has 0 aliphatic heterocycles. The molecule has 3 aromatic heterocycles. The van der Waals surface area contributed by atoms with E-state index in [1.165, 1.54) is 12.1 Å². The van der Waals surface area contributed by atoms with Crippen molar-refractivity contribution in [1.29, 1.82) is 0 Å². The molecule has 1 fully saturated rings. The second-order valence-electron chi connectivity index (χ2n) is 6.60. The van der Waals surface area contributed by atoms with Gasteiger partial charge in [-0.1, -0.05) is 17.8 Å². The van der Waals surface area contributed by atoms with Crippen LogP contribution in [0.2, 0.25) is 0 Å². The molecule has 9 heteroatoms. The van der Waals surface area contributed by atoms with E-state index in [4.69, 9.17) is 4.42 Å². The molecule has 0 saturated heterocycles. The highest BCUT2D eigenvalue weighted by molar-refractivity contribution is 7.99. The second kappa shape index (κ2) is 7.14. The van der Waals surface area contributed by atoms with Gasteiger partial charge in [0.1, 0.15) is 5.82 Å². The average Bonchev–Trinajstić information content (AvgIpc) is 3.12. The Labute approximate surface area is 168 Å². The Morgan fingerprint density at radius 1 is 1.14 bits per heavy atom. The number of halogens is 1. The normalized spacial score (nSPS) is 15.1. The molecule has 1 saturated carbocycles. The third-order valence-electron chi connectivity index (χ3n) is 4.48. The second-order valence-corrected chi connectivity index (χ2v) is 8.85. The van der Waals surface area contributed by atoms with Crippen molar-refractivity contribution in [3.8, 4) is 22.2 Å². The number of rotatable bonds is 6. The van der Waals surface area contributed by atoms with E-state index < -0.39 is 0 Å². The minimum atomic E-state index is -0.298. The molecule has 1 atom stereocenters. The van der Waals surface area contributed by atoms with Crippen LogP contribution in [0.4, 0.5) is 4.39 Å². The fourth-order valence-corrected chi connectivity index (χ4v) is 4.56. The first-order valence-electron chi connectivity index (χ1n) is 8.94. The van der Waals surface area contributed by atoms with Gasteiger partial charge in [0, 0.05) is 11.6 Å². The molecule has 6 nitrogen and oxygen atoms in total. The van der Waals surface area contributed by atoms with Crippen molar-refractivity contribution in [3.05, 3.63) is 53.5 Å². The molecule has 0 N–H and O–H groups in total. The van der Waals surface area contributed by atoms with Crippen LogP contribution < -0.4 is 0 Å². The summed E-state index contributed by atoms with van der Waals surface area (Å²) in [5.74, 6) is 1.51. The van der Waals surface area contributed by atoms with Crippen LogP contribution in [0.5, 0.6) is 0 Å². The van der Waals surface area contributed by atoms with Crippen molar-refractivity contribution < 1.29 is 8.81 Å². The maximum Gasteiger partial charge on any atom is 0.247 e. The SMILES string of the molecule is CC(Sc1nnc(-c2cccs2)n1C1CC1)c1nnc(-c2ccc(F)cc2)o1. The number of hydrogen-bond donors (Lipinski definition) is 0. The first-order valence-corrected chi connectivity index (χ1v) is 10.7. The van der Waals surface area contributed by atoms with Crippen LogP contribution >= 0.6 is 23.1 Å². The Balaban J connectivity index is 1.39. The van der Waals surface area contributed by atoms with E-state index in [1.54, 1.807) is 35.2 Å². The van der Waals surface area contributed by atoms with Gasteiger partial charge in [-0.2, -0.15) is 0 Å². The fourth-order valence-electron chi connectivity index (χ4n) is 2.91. The summed E-state index contributed by atoms with van der Waals surface area (Å²) >= 11 is 3.22. The van der Waals surface area contributed by atoms with Gasteiger partial charge in [-0.3, -0.25) is 4.57 Å². The Morgan fingerprint density at radius 2 is 1.96 bits per heavy atom. The number of thiophene rings is 1. The van der Waals surface area contributed by atoms with Gasteiger partial charge in [0.2, 0.25) is 11.8 Å². The van der Waals surface area contributed by atoms with Crippen LogP contribution in [-0.4, -0.2) is 25.0 Å². The third-order valence-corrected chi connectivity index (χ3v) is 6.39. The Bertz CT molecular complexity index is 1090. The number of nitrogens with zero attached hydrogens (tertiary/aromatic N) is 5. The zero-order chi connectivity index (χ0) is 19.1. The Hall–Kier alpha value is -2.52. The van der Waals surface area contributed by atoms with Crippen LogP contribution in [0.25, 0.3) is 22.2 Å². The highest BCUT2D eigenvalue weighted by Crippen LogP contribution is 2.44. The van der Waals surface area contributed by atoms with Gasteiger partial charge in [0.25, 0.3) is 0 Å². The first-order chi connectivity index (χ1) is 13.7. The number of thioether (sulfide) groups is 1. The lowest BCUT2D eigenvalue weighted by Gasteiger charge is -2.10. The van der Waals surface area contributed by atoms with Crippen LogP contribution in [0.3, 0.4) is 0 Å². The van der Waals surface area contributed by atoms with Crippen molar-refractivity contribution in [1.82, 2.24) is 25.0 Å². The first kappa shape index (κ1) is 17.6. The van der Waals surface area contributed by atoms with E-state index in [-0.39, 0.29) is 11.1 Å². The highest BCUT2D eigenvalue weighted by Gasteiger charge is 2.31. The monoisotopic (exact) mass is 413 g/mol. The molecule has 1 aliphatic rings. The summed E-state index contributed by atoms with van der Waals surface area (Å²) in [7, 11) is 0. The van der Waals surface area contributed by atoms with Gasteiger partial charge in [-0.05, 0) is 55.5 Å². The van der Waals surface area contributed by atoms with E-state index in [0.29, 0.717) is 23.4 Å². The summed E-state index contributed by atoms with van der Waals surface area (Å²) in [4.78, 5) is 1.12. The number of aromatic nitrogens is 5. The molecule has 142 valence electrons. The van der Waals surface area contributed by atoms with Crippen molar-refractivity contribution in [3.63, 3.8) is 0 Å². The van der Waals surface area contributed by atoms with Crippen LogP contribution in [0.15, 0.2) is 51.4 Å². The molecular formula is C19H16FN5OS2. The lowest BCUT2D eigenvalue weighted by Crippen LogP contribution is -2.00. The molecule has 1 aliphatic carbocycles. The minimum Gasteiger partial charge on any atom is -0.419 e. The molecule has 0 amide bonds. The van der Waals surface area contributed by atoms with Crippen molar-refractivity contribution in [2.24, 2.45) is 0 Å². The summed E-state index contributed by atoms with van der Waals surface area (Å²) < 4.78 is 21.1. The van der Waals surface area contributed by atoms with E-state index in [1.807, 2.05) is 18.4 Å². The zero-order valence-electron chi connectivity index (χ0n) is 14.9. The van der Waals surface area contributed by atoms with Crippen LogP contribution in [0, 0.1) is 5.82 Å². The molecule has 1 unspecified atom stereocenters. The zero-order valence-corrected chi connectivity index (χ0v) is 16.6. The lowest BCUT2D eigenvalue weighted by atomic mass is 10.2. The Morgan fingerprint density at radius 3 is 2.68 bits per heavy atom. The van der Waals surface area contributed by atoms with E-state index in [9.17, 15) is 4.39 Å². The van der Waals surface area contributed by atoms with Gasteiger partial charge < -0.3 is 4.42 Å². The van der Waals surface area contributed by atoms with Gasteiger partial charge in [-0.15, -0.1) is 31.7 Å². The fraction of sp³-hybridized carbons (Fsp3) is 0.263. The molecule has 3 heterocycles. The summed E-state index contributed by atoms with van der Waals surface area (Å²) in [5, 5.41) is 19.9. The minimum absolute atomic E-state index is 0.0837. The molecule has 1 aromatic carbocycles. The molecule has 4 aromatic rings. The smallest absolute Gasteiger partial charge is 0.247 e. The average molecular weight is 414 g/mol. The summed E-state index contributed by atoms with van der Waals surface area (Å²) in [6.45, 7) is 2.00. The summed E-state index contributed by atoms with van der Waals surface area (Å²) in [5.41, 5.74) is 0.693. The highest BCUT2D eigenvalue weighted by atomic mass is 32.2.